The van der Waals surface area contributed by atoms with Crippen molar-refractivity contribution in [2.45, 2.75) is 0 Å². The number of nitrogens with zero attached hydrogens (tertiary/aromatic N) is 9. The lowest BCUT2D eigenvalue weighted by atomic mass is 9.86. The standard InChI is InChI=1S/C81H45N9/c82-43-52-31-53(44-83)35-67(34-52)58-13-19-61(20-14-58)79-28-25-64(49-88-79)73-7-1-4-10-76(73)70-40-71(77-11-5-2-8-74(77)65-26-29-80(89-50-65)62-21-15-59(16-22-62)68-36-54(45-84)32-55(37-68)46-85)42-72(41-70)78-12-6-3-9-75(78)66-27-30-81(90-51-66)63-23-17-60(18-24-63)69-38-56(47-86)33-57(39-69)48-87/h1-42,49-51H. The fourth-order valence-corrected chi connectivity index (χ4v) is 11.5. The Balaban J connectivity index is 0.861. The molecule has 0 aliphatic carbocycles. The second kappa shape index (κ2) is 24.7. The van der Waals surface area contributed by atoms with Crippen molar-refractivity contribution in [1.82, 2.24) is 15.0 Å². The van der Waals surface area contributed by atoms with E-state index in [4.69, 9.17) is 15.0 Å². The lowest BCUT2D eigenvalue weighted by Gasteiger charge is -2.18. The Morgan fingerprint density at radius 3 is 0.578 bits per heavy atom. The van der Waals surface area contributed by atoms with Gasteiger partial charge in [-0.3, -0.25) is 15.0 Å². The molecule has 0 unspecified atom stereocenters. The highest BCUT2D eigenvalue weighted by Gasteiger charge is 2.18. The Bertz CT molecular complexity index is 4570. The van der Waals surface area contributed by atoms with Crippen molar-refractivity contribution in [1.29, 1.82) is 31.6 Å². The van der Waals surface area contributed by atoms with Gasteiger partial charge in [0.15, 0.2) is 0 Å². The van der Waals surface area contributed by atoms with Crippen LogP contribution >= 0.6 is 0 Å². The van der Waals surface area contributed by atoms with E-state index in [9.17, 15) is 31.6 Å². The van der Waals surface area contributed by atoms with Gasteiger partial charge >= 0.3 is 0 Å². The number of rotatable bonds is 12. The van der Waals surface area contributed by atoms with Crippen LogP contribution in [0.25, 0.3) is 134 Å². The minimum Gasteiger partial charge on any atom is -0.256 e. The zero-order valence-electron chi connectivity index (χ0n) is 48.0. The van der Waals surface area contributed by atoms with Crippen LogP contribution in [0.1, 0.15) is 33.4 Å². The smallest absolute Gasteiger partial charge is 0.0992 e. The van der Waals surface area contributed by atoms with Gasteiger partial charge in [-0.25, -0.2) is 0 Å². The van der Waals surface area contributed by atoms with Crippen LogP contribution < -0.4 is 0 Å². The molecule has 9 nitrogen and oxygen atoms in total. The average molecular weight is 1140 g/mol. The summed E-state index contributed by atoms with van der Waals surface area (Å²) in [6, 6.07) is 96.9. The van der Waals surface area contributed by atoms with Gasteiger partial charge in [0.05, 0.1) is 86.9 Å². The minimum atomic E-state index is 0.434. The van der Waals surface area contributed by atoms with E-state index in [1.54, 1.807) is 54.6 Å². The molecular formula is C81H45N9. The van der Waals surface area contributed by atoms with Gasteiger partial charge in [0.2, 0.25) is 0 Å². The maximum atomic E-state index is 9.59. The Kier molecular flexibility index (Phi) is 15.3. The van der Waals surface area contributed by atoms with Crippen molar-refractivity contribution in [2.75, 3.05) is 0 Å². The highest BCUT2D eigenvalue weighted by Crippen LogP contribution is 2.43. The first kappa shape index (κ1) is 55.8. The van der Waals surface area contributed by atoms with Crippen LogP contribution in [-0.2, 0) is 0 Å². The van der Waals surface area contributed by atoms with E-state index in [-0.39, 0.29) is 0 Å². The van der Waals surface area contributed by atoms with Crippen LogP contribution in [0.5, 0.6) is 0 Å². The van der Waals surface area contributed by atoms with E-state index in [2.05, 4.69) is 146 Å². The molecule has 10 aromatic carbocycles. The molecule has 0 amide bonds. The molecule has 0 fully saturated rings. The fourth-order valence-electron chi connectivity index (χ4n) is 11.5. The van der Waals surface area contributed by atoms with Crippen LogP contribution in [0.4, 0.5) is 0 Å². The van der Waals surface area contributed by atoms with E-state index < -0.39 is 0 Å². The van der Waals surface area contributed by atoms with Gasteiger partial charge in [-0.05, 0) is 174 Å². The molecule has 414 valence electrons. The third-order valence-corrected chi connectivity index (χ3v) is 16.0. The van der Waals surface area contributed by atoms with Gasteiger partial charge in [-0.2, -0.15) is 31.6 Å². The van der Waals surface area contributed by atoms with E-state index in [1.807, 2.05) is 110 Å². The predicted octanol–water partition coefficient (Wildman–Crippen LogP) is 19.1. The van der Waals surface area contributed by atoms with E-state index in [0.29, 0.717) is 33.4 Å². The van der Waals surface area contributed by atoms with Crippen molar-refractivity contribution in [3.8, 4) is 170 Å². The third kappa shape index (κ3) is 11.5. The summed E-state index contributed by atoms with van der Waals surface area (Å²) in [5.74, 6) is 0. The number of benzene rings is 10. The van der Waals surface area contributed by atoms with Crippen molar-refractivity contribution < 1.29 is 0 Å². The molecule has 0 aliphatic heterocycles. The summed E-state index contributed by atoms with van der Waals surface area (Å²) in [5.41, 5.74) is 24.8. The van der Waals surface area contributed by atoms with Crippen LogP contribution in [0.2, 0.25) is 0 Å². The van der Waals surface area contributed by atoms with Crippen LogP contribution in [0, 0.1) is 68.0 Å². The highest BCUT2D eigenvalue weighted by atomic mass is 14.7. The van der Waals surface area contributed by atoms with Crippen LogP contribution in [0.3, 0.4) is 0 Å². The van der Waals surface area contributed by atoms with Crippen molar-refractivity contribution in [3.05, 3.63) is 307 Å². The molecule has 0 atom stereocenters. The quantitative estimate of drug-likeness (QED) is 0.115. The van der Waals surface area contributed by atoms with Crippen molar-refractivity contribution in [2.24, 2.45) is 0 Å². The van der Waals surface area contributed by atoms with Gasteiger partial charge in [0.1, 0.15) is 0 Å². The van der Waals surface area contributed by atoms with Crippen LogP contribution in [0.15, 0.2) is 273 Å². The number of nitriles is 6. The first-order valence-electron chi connectivity index (χ1n) is 28.8. The Morgan fingerprint density at radius 1 is 0.178 bits per heavy atom. The molecule has 13 aromatic rings. The summed E-state index contributed by atoms with van der Waals surface area (Å²) >= 11 is 0. The van der Waals surface area contributed by atoms with Gasteiger partial charge < -0.3 is 0 Å². The van der Waals surface area contributed by atoms with E-state index in [0.717, 1.165) is 134 Å². The third-order valence-electron chi connectivity index (χ3n) is 16.0. The second-order valence-corrected chi connectivity index (χ2v) is 21.5. The molecule has 13 rings (SSSR count). The van der Waals surface area contributed by atoms with E-state index >= 15 is 0 Å². The zero-order chi connectivity index (χ0) is 61.5. The largest absolute Gasteiger partial charge is 0.256 e. The first-order chi connectivity index (χ1) is 44.2. The van der Waals surface area contributed by atoms with Gasteiger partial charge in [0, 0.05) is 52.0 Å². The van der Waals surface area contributed by atoms with Gasteiger partial charge in [-0.1, -0.05) is 164 Å². The topological polar surface area (TPSA) is 181 Å². The molecule has 3 heterocycles. The highest BCUT2D eigenvalue weighted by molar-refractivity contribution is 5.94. The number of hydrogen-bond donors (Lipinski definition) is 0. The van der Waals surface area contributed by atoms with E-state index in [1.165, 1.54) is 0 Å². The molecule has 3 aromatic heterocycles. The Labute approximate surface area is 520 Å². The summed E-state index contributed by atoms with van der Waals surface area (Å²) in [6.45, 7) is 0. The summed E-state index contributed by atoms with van der Waals surface area (Å²) in [6.07, 6.45) is 5.76. The number of aromatic nitrogens is 3. The molecule has 9 heteroatoms. The molecule has 0 saturated heterocycles. The molecule has 0 aliphatic rings. The van der Waals surface area contributed by atoms with Gasteiger partial charge in [0.25, 0.3) is 0 Å². The lowest BCUT2D eigenvalue weighted by Crippen LogP contribution is -1.93. The Hall–Kier alpha value is -13.4. The Morgan fingerprint density at radius 2 is 0.378 bits per heavy atom. The maximum absolute atomic E-state index is 9.59. The SMILES string of the molecule is N#Cc1cc(C#N)cc(-c2ccc(-c3ccc(-c4ccccc4-c4cc(-c5ccccc5-c5ccc(-c6ccc(-c7cc(C#N)cc(C#N)c7)cc6)nc5)cc(-c5ccccc5-c5ccc(-c6ccc(-c7cc(C#N)cc(C#N)c7)cc6)nc5)c4)cn3)cc2)c1. The molecule has 0 saturated carbocycles. The normalized spacial score (nSPS) is 10.6. The van der Waals surface area contributed by atoms with Crippen molar-refractivity contribution >= 4 is 0 Å². The molecule has 90 heavy (non-hydrogen) atoms. The lowest BCUT2D eigenvalue weighted by molar-refractivity contribution is 1.32. The predicted molar refractivity (Wildman–Crippen MR) is 353 cm³/mol. The fraction of sp³-hybridized carbons (Fsp3) is 0. The molecule has 0 radical (unpaired) electrons. The average Bonchev–Trinajstić information content (AvgIpc) is 0.976. The van der Waals surface area contributed by atoms with Crippen molar-refractivity contribution in [3.63, 3.8) is 0 Å². The van der Waals surface area contributed by atoms with Crippen LogP contribution in [-0.4, -0.2) is 15.0 Å². The summed E-state index contributed by atoms with van der Waals surface area (Å²) in [4.78, 5) is 15.0. The second-order valence-electron chi connectivity index (χ2n) is 21.5. The zero-order valence-corrected chi connectivity index (χ0v) is 48.0. The molecule has 0 spiro atoms. The number of pyridine rings is 3. The molecule has 0 N–H and O–H groups in total. The first-order valence-corrected chi connectivity index (χ1v) is 28.8. The molecule has 0 bridgehead atoms. The molecular weight excluding hydrogens is 1100 g/mol. The summed E-state index contributed by atoms with van der Waals surface area (Å²) in [7, 11) is 0. The minimum absolute atomic E-state index is 0.434. The van der Waals surface area contributed by atoms with Gasteiger partial charge in [-0.15, -0.1) is 0 Å². The monoisotopic (exact) mass is 1140 g/mol. The maximum Gasteiger partial charge on any atom is 0.0992 e. The summed E-state index contributed by atoms with van der Waals surface area (Å²) < 4.78 is 0. The number of hydrogen-bond acceptors (Lipinski definition) is 9. The summed E-state index contributed by atoms with van der Waals surface area (Å²) in [5, 5.41) is 57.6.